The molecule has 0 saturated carbocycles. The van der Waals surface area contributed by atoms with E-state index in [0.717, 1.165) is 11.3 Å². The number of ether oxygens (including phenoxy) is 1. The molecule has 3 rings (SSSR count). The fourth-order valence-corrected chi connectivity index (χ4v) is 3.33. The topological polar surface area (TPSA) is 75.9 Å². The summed E-state index contributed by atoms with van der Waals surface area (Å²) in [5.74, 6) is -1.77. The summed E-state index contributed by atoms with van der Waals surface area (Å²) in [5, 5.41) is 3.84. The second kappa shape index (κ2) is 9.82. The highest BCUT2D eigenvalue weighted by Crippen LogP contribution is 2.33. The van der Waals surface area contributed by atoms with E-state index in [4.69, 9.17) is 20.9 Å². The first-order chi connectivity index (χ1) is 15.2. The van der Waals surface area contributed by atoms with Gasteiger partial charge in [0.05, 0.1) is 10.6 Å². The molecule has 9 heteroatoms. The highest BCUT2D eigenvalue weighted by molar-refractivity contribution is 6.33. The van der Waals surface area contributed by atoms with Crippen molar-refractivity contribution < 1.29 is 23.2 Å². The van der Waals surface area contributed by atoms with Crippen molar-refractivity contribution in [2.75, 3.05) is 32.6 Å². The number of hydrogen-bond acceptors (Lipinski definition) is 6. The van der Waals surface area contributed by atoms with E-state index in [1.54, 1.807) is 7.05 Å². The molecule has 0 radical (unpaired) electrons. The Morgan fingerprint density at radius 3 is 2.44 bits per heavy atom. The van der Waals surface area contributed by atoms with Crippen LogP contribution in [0.4, 0.5) is 10.1 Å². The van der Waals surface area contributed by atoms with Crippen molar-refractivity contribution in [3.63, 3.8) is 0 Å². The van der Waals surface area contributed by atoms with Crippen LogP contribution in [0.15, 0.2) is 47.0 Å². The lowest BCUT2D eigenvalue weighted by atomic mass is 10.1. The molecule has 3 aromatic rings. The van der Waals surface area contributed by atoms with E-state index in [1.165, 1.54) is 30.0 Å². The zero-order chi connectivity index (χ0) is 23.4. The summed E-state index contributed by atoms with van der Waals surface area (Å²) in [6.07, 6.45) is 0. The van der Waals surface area contributed by atoms with Crippen molar-refractivity contribution in [1.29, 1.82) is 0 Å². The number of aromatic nitrogens is 1. The molecule has 0 bridgehead atoms. The fraction of sp³-hybridized carbons (Fsp3) is 0.261. The highest BCUT2D eigenvalue weighted by atomic mass is 35.5. The van der Waals surface area contributed by atoms with Gasteiger partial charge in [0.15, 0.2) is 6.61 Å². The third-order valence-corrected chi connectivity index (χ3v) is 5.21. The lowest BCUT2D eigenvalue weighted by Crippen LogP contribution is -2.31. The van der Waals surface area contributed by atoms with Gasteiger partial charge < -0.3 is 19.1 Å². The van der Waals surface area contributed by atoms with Crippen molar-refractivity contribution in [2.45, 2.75) is 13.5 Å². The lowest BCUT2D eigenvalue weighted by Gasteiger charge is -2.18. The summed E-state index contributed by atoms with van der Waals surface area (Å²) in [6.45, 7) is 1.36. The Bertz CT molecular complexity index is 1110. The van der Waals surface area contributed by atoms with Gasteiger partial charge in [0.1, 0.15) is 22.8 Å². The number of esters is 1. The lowest BCUT2D eigenvalue weighted by molar-refractivity contribution is -0.133. The maximum atomic E-state index is 14.3. The first kappa shape index (κ1) is 23.3. The molecule has 0 unspecified atom stereocenters. The van der Waals surface area contributed by atoms with E-state index in [9.17, 15) is 14.0 Å². The first-order valence-corrected chi connectivity index (χ1v) is 10.1. The van der Waals surface area contributed by atoms with Crippen LogP contribution < -0.4 is 4.90 Å². The Balaban J connectivity index is 1.67. The van der Waals surface area contributed by atoms with Crippen molar-refractivity contribution in [3.05, 3.63) is 70.2 Å². The number of carbonyl (C=O) groups is 2. The Morgan fingerprint density at radius 2 is 1.81 bits per heavy atom. The number of rotatable bonds is 7. The second-order valence-electron chi connectivity index (χ2n) is 7.45. The summed E-state index contributed by atoms with van der Waals surface area (Å²) < 4.78 is 24.5. The molecule has 32 heavy (non-hydrogen) atoms. The predicted molar refractivity (Wildman–Crippen MR) is 119 cm³/mol. The Kier molecular flexibility index (Phi) is 7.15. The van der Waals surface area contributed by atoms with Gasteiger partial charge in [0.2, 0.25) is 0 Å². The average Bonchev–Trinajstić information content (AvgIpc) is 3.13. The van der Waals surface area contributed by atoms with Crippen LogP contribution in [-0.4, -0.2) is 49.7 Å². The fourth-order valence-electron chi connectivity index (χ4n) is 3.08. The molecule has 1 amide bonds. The van der Waals surface area contributed by atoms with Crippen LogP contribution in [0.25, 0.3) is 11.3 Å². The number of nitrogens with zero attached hydrogens (tertiary/aromatic N) is 3. The van der Waals surface area contributed by atoms with Crippen LogP contribution in [0.1, 0.15) is 21.7 Å². The predicted octanol–water partition coefficient (Wildman–Crippen LogP) is 4.32. The van der Waals surface area contributed by atoms with Crippen molar-refractivity contribution >= 4 is 29.2 Å². The summed E-state index contributed by atoms with van der Waals surface area (Å²) in [6, 6.07) is 11.9. The van der Waals surface area contributed by atoms with Gasteiger partial charge in [-0.15, -0.1) is 0 Å². The van der Waals surface area contributed by atoms with Gasteiger partial charge in [0, 0.05) is 33.4 Å². The molecule has 0 spiro atoms. The van der Waals surface area contributed by atoms with E-state index >= 15 is 0 Å². The average molecular weight is 460 g/mol. The normalized spacial score (nSPS) is 10.7. The van der Waals surface area contributed by atoms with Crippen molar-refractivity contribution in [3.8, 4) is 11.3 Å². The van der Waals surface area contributed by atoms with E-state index < -0.39 is 24.3 Å². The number of aryl methyl sites for hydroxylation is 1. The third kappa shape index (κ3) is 5.08. The summed E-state index contributed by atoms with van der Waals surface area (Å²) >= 11 is 6.09. The number of amides is 1. The minimum Gasteiger partial charge on any atom is -0.452 e. The van der Waals surface area contributed by atoms with Crippen LogP contribution in [0.3, 0.4) is 0 Å². The van der Waals surface area contributed by atoms with E-state index in [2.05, 4.69) is 5.16 Å². The van der Waals surface area contributed by atoms with Gasteiger partial charge in [-0.3, -0.25) is 4.79 Å². The largest absolute Gasteiger partial charge is 0.452 e. The van der Waals surface area contributed by atoms with Crippen LogP contribution in [0.2, 0.25) is 5.02 Å². The number of anilines is 1. The number of hydrogen-bond donors (Lipinski definition) is 0. The second-order valence-corrected chi connectivity index (χ2v) is 7.85. The molecular formula is C23H23ClFN3O4. The standard InChI is InChI=1S/C23H23ClFN3O4/c1-14-20(22(26-32-14)21-17(24)6-5-7-18(21)25)23(30)31-13-19(29)28(4)12-15-8-10-16(11-9-15)27(2)3/h5-11H,12-13H2,1-4H3. The maximum absolute atomic E-state index is 14.3. The molecular weight excluding hydrogens is 437 g/mol. The maximum Gasteiger partial charge on any atom is 0.344 e. The van der Waals surface area contributed by atoms with Gasteiger partial charge in [-0.05, 0) is 36.8 Å². The molecule has 0 aliphatic heterocycles. The molecule has 0 aliphatic carbocycles. The number of benzene rings is 2. The van der Waals surface area contributed by atoms with Gasteiger partial charge in [-0.2, -0.15) is 0 Å². The molecule has 168 valence electrons. The molecule has 0 atom stereocenters. The van der Waals surface area contributed by atoms with Crippen LogP contribution in [-0.2, 0) is 16.1 Å². The van der Waals surface area contributed by atoms with Crippen molar-refractivity contribution in [2.24, 2.45) is 0 Å². The monoisotopic (exact) mass is 459 g/mol. The summed E-state index contributed by atoms with van der Waals surface area (Å²) in [7, 11) is 5.51. The Labute approximate surface area is 190 Å². The van der Waals surface area contributed by atoms with Gasteiger partial charge >= 0.3 is 5.97 Å². The minimum absolute atomic E-state index is 0.0671. The highest BCUT2D eigenvalue weighted by Gasteiger charge is 2.27. The smallest absolute Gasteiger partial charge is 0.344 e. The molecule has 7 nitrogen and oxygen atoms in total. The Hall–Kier alpha value is -3.39. The van der Waals surface area contributed by atoms with E-state index in [-0.39, 0.29) is 27.6 Å². The quantitative estimate of drug-likeness (QED) is 0.490. The summed E-state index contributed by atoms with van der Waals surface area (Å²) in [5.41, 5.74) is 1.77. The number of carbonyl (C=O) groups excluding carboxylic acids is 2. The number of halogens is 2. The van der Waals surface area contributed by atoms with Crippen LogP contribution >= 0.6 is 11.6 Å². The summed E-state index contributed by atoms with van der Waals surface area (Å²) in [4.78, 5) is 28.6. The van der Waals surface area contributed by atoms with Gasteiger partial charge in [0.25, 0.3) is 5.91 Å². The third-order valence-electron chi connectivity index (χ3n) is 4.89. The van der Waals surface area contributed by atoms with Crippen LogP contribution in [0, 0.1) is 12.7 Å². The molecule has 0 N–H and O–H groups in total. The molecule has 1 aromatic heterocycles. The van der Waals surface area contributed by atoms with Crippen LogP contribution in [0.5, 0.6) is 0 Å². The zero-order valence-corrected chi connectivity index (χ0v) is 18.9. The Morgan fingerprint density at radius 1 is 1.12 bits per heavy atom. The molecule has 1 heterocycles. The molecule has 0 saturated heterocycles. The van der Waals surface area contributed by atoms with Crippen molar-refractivity contribution in [1.82, 2.24) is 10.1 Å². The first-order valence-electron chi connectivity index (χ1n) is 9.77. The van der Waals surface area contributed by atoms with E-state index in [1.807, 2.05) is 43.3 Å². The van der Waals surface area contributed by atoms with Gasteiger partial charge in [-0.25, -0.2) is 9.18 Å². The number of likely N-dealkylation sites (N-methyl/N-ethyl adjacent to an activating group) is 1. The van der Waals surface area contributed by atoms with Gasteiger partial charge in [-0.1, -0.05) is 35.0 Å². The SMILES string of the molecule is Cc1onc(-c2c(F)cccc2Cl)c1C(=O)OCC(=O)N(C)Cc1ccc(N(C)C)cc1. The van der Waals surface area contributed by atoms with E-state index in [0.29, 0.717) is 6.54 Å². The molecule has 2 aromatic carbocycles. The zero-order valence-electron chi connectivity index (χ0n) is 18.2. The minimum atomic E-state index is -0.852. The molecule has 0 aliphatic rings. The molecule has 0 fully saturated rings.